The van der Waals surface area contributed by atoms with E-state index in [4.69, 9.17) is 4.74 Å². The van der Waals surface area contributed by atoms with Gasteiger partial charge in [0.2, 0.25) is 0 Å². The van der Waals surface area contributed by atoms with Gasteiger partial charge in [-0.1, -0.05) is 19.3 Å². The van der Waals surface area contributed by atoms with Gasteiger partial charge >= 0.3 is 0 Å². The van der Waals surface area contributed by atoms with Crippen LogP contribution in [0.5, 0.6) is 5.75 Å². The lowest BCUT2D eigenvalue weighted by molar-refractivity contribution is 0.0817. The minimum atomic E-state index is -0.460. The maximum absolute atomic E-state index is 12.5. The summed E-state index contributed by atoms with van der Waals surface area (Å²) < 4.78 is 5.90. The Bertz CT molecular complexity index is 549. The topological polar surface area (TPSA) is 58.6 Å². The van der Waals surface area contributed by atoms with Crippen LogP contribution in [0.1, 0.15) is 55.3 Å². The summed E-state index contributed by atoms with van der Waals surface area (Å²) >= 11 is 1.88. The Hall–Kier alpha value is -1.20. The van der Waals surface area contributed by atoms with Crippen molar-refractivity contribution in [3.8, 4) is 5.75 Å². The zero-order valence-electron chi connectivity index (χ0n) is 14.8. The van der Waals surface area contributed by atoms with Crippen LogP contribution in [0.25, 0.3) is 0 Å². The molecule has 1 heterocycles. The fourth-order valence-corrected chi connectivity index (χ4v) is 4.94. The largest absolute Gasteiger partial charge is 0.493 e. The maximum Gasteiger partial charge on any atom is 0.251 e. The van der Waals surface area contributed by atoms with Gasteiger partial charge in [-0.15, -0.1) is 0 Å². The van der Waals surface area contributed by atoms with Crippen LogP contribution in [0.4, 0.5) is 0 Å². The molecule has 1 aliphatic heterocycles. The average Bonchev–Trinajstić information content (AvgIpc) is 2.68. The van der Waals surface area contributed by atoms with Crippen LogP contribution in [-0.4, -0.2) is 41.3 Å². The molecule has 138 valence electrons. The first-order valence-electron chi connectivity index (χ1n) is 9.45. The van der Waals surface area contributed by atoms with Crippen LogP contribution < -0.4 is 10.1 Å². The zero-order valence-corrected chi connectivity index (χ0v) is 15.7. The standard InChI is InChI=1S/C20H29NO3S/c22-15-20(10-12-25-13-11-20)21-19(23)17-6-8-18(9-7-17)24-14-16-4-2-1-3-5-16/h6-9,16,22H,1-5,10-15H2,(H,21,23). The van der Waals surface area contributed by atoms with Crippen LogP contribution in [0.15, 0.2) is 24.3 Å². The fourth-order valence-electron chi connectivity index (χ4n) is 3.67. The van der Waals surface area contributed by atoms with E-state index in [1.54, 1.807) is 0 Å². The summed E-state index contributed by atoms with van der Waals surface area (Å²) in [6, 6.07) is 7.38. The van der Waals surface area contributed by atoms with Crippen molar-refractivity contribution in [3.63, 3.8) is 0 Å². The van der Waals surface area contributed by atoms with Crippen molar-refractivity contribution in [1.29, 1.82) is 0 Å². The van der Waals surface area contributed by atoms with Gasteiger partial charge < -0.3 is 15.2 Å². The van der Waals surface area contributed by atoms with Gasteiger partial charge in [0.15, 0.2) is 0 Å². The molecule has 2 N–H and O–H groups in total. The molecule has 25 heavy (non-hydrogen) atoms. The quantitative estimate of drug-likeness (QED) is 0.810. The first-order valence-corrected chi connectivity index (χ1v) is 10.6. The van der Waals surface area contributed by atoms with Crippen LogP contribution >= 0.6 is 11.8 Å². The molecule has 0 unspecified atom stereocenters. The van der Waals surface area contributed by atoms with Gasteiger partial charge in [-0.2, -0.15) is 11.8 Å². The van der Waals surface area contributed by atoms with Gasteiger partial charge in [0.05, 0.1) is 18.8 Å². The first-order chi connectivity index (χ1) is 12.2. The lowest BCUT2D eigenvalue weighted by Gasteiger charge is -2.36. The molecule has 2 fully saturated rings. The van der Waals surface area contributed by atoms with E-state index >= 15 is 0 Å². The summed E-state index contributed by atoms with van der Waals surface area (Å²) in [6.45, 7) is 0.777. The van der Waals surface area contributed by atoms with Crippen molar-refractivity contribution < 1.29 is 14.6 Å². The molecule has 1 aromatic carbocycles. The molecule has 1 saturated heterocycles. The van der Waals surface area contributed by atoms with Crippen molar-refractivity contribution in [2.24, 2.45) is 5.92 Å². The summed E-state index contributed by atoms with van der Waals surface area (Å²) in [7, 11) is 0. The molecule has 1 amide bonds. The van der Waals surface area contributed by atoms with E-state index in [9.17, 15) is 9.90 Å². The van der Waals surface area contributed by atoms with Crippen molar-refractivity contribution in [1.82, 2.24) is 5.32 Å². The number of nitrogens with one attached hydrogen (secondary N) is 1. The molecule has 1 aliphatic carbocycles. The number of benzene rings is 1. The van der Waals surface area contributed by atoms with Gasteiger partial charge in [-0.25, -0.2) is 0 Å². The normalized spacial score (nSPS) is 20.8. The summed E-state index contributed by atoms with van der Waals surface area (Å²) in [6.07, 6.45) is 8.17. The molecular weight excluding hydrogens is 334 g/mol. The van der Waals surface area contributed by atoms with Crippen molar-refractivity contribution in [3.05, 3.63) is 29.8 Å². The lowest BCUT2D eigenvalue weighted by atomic mass is 9.90. The molecule has 0 atom stereocenters. The van der Waals surface area contributed by atoms with Gasteiger partial charge in [0, 0.05) is 5.56 Å². The Balaban J connectivity index is 1.53. The second kappa shape index (κ2) is 8.95. The van der Waals surface area contributed by atoms with Crippen LogP contribution in [0.2, 0.25) is 0 Å². The van der Waals surface area contributed by atoms with E-state index in [0.29, 0.717) is 11.5 Å². The second-order valence-corrected chi connectivity index (χ2v) is 8.57. The molecule has 3 rings (SSSR count). The third-order valence-corrected chi connectivity index (χ3v) is 6.44. The Labute approximate surface area is 154 Å². The highest BCUT2D eigenvalue weighted by Gasteiger charge is 2.33. The highest BCUT2D eigenvalue weighted by atomic mass is 32.2. The van der Waals surface area contributed by atoms with E-state index in [2.05, 4.69) is 5.32 Å². The molecule has 0 aromatic heterocycles. The third-order valence-electron chi connectivity index (χ3n) is 5.46. The molecule has 4 nitrogen and oxygen atoms in total. The number of hydrogen-bond donors (Lipinski definition) is 2. The highest BCUT2D eigenvalue weighted by Crippen LogP contribution is 2.27. The number of rotatable bonds is 6. The number of amides is 1. The van der Waals surface area contributed by atoms with Crippen LogP contribution in [-0.2, 0) is 0 Å². The Kier molecular flexibility index (Phi) is 6.65. The second-order valence-electron chi connectivity index (χ2n) is 7.34. The maximum atomic E-state index is 12.5. The predicted molar refractivity (Wildman–Crippen MR) is 102 cm³/mol. The molecule has 0 radical (unpaired) electrons. The van der Waals surface area contributed by atoms with Crippen LogP contribution in [0.3, 0.4) is 0 Å². The van der Waals surface area contributed by atoms with E-state index in [1.807, 2.05) is 36.0 Å². The van der Waals surface area contributed by atoms with Crippen molar-refractivity contribution in [2.75, 3.05) is 24.7 Å². The fraction of sp³-hybridized carbons (Fsp3) is 0.650. The van der Waals surface area contributed by atoms with Crippen molar-refractivity contribution in [2.45, 2.75) is 50.5 Å². The number of thioether (sulfide) groups is 1. The summed E-state index contributed by atoms with van der Waals surface area (Å²) in [5.41, 5.74) is 0.162. The van der Waals surface area contributed by atoms with Gasteiger partial charge in [0.1, 0.15) is 5.75 Å². The van der Waals surface area contributed by atoms with Gasteiger partial charge in [-0.05, 0) is 67.4 Å². The minimum absolute atomic E-state index is 0.00187. The Morgan fingerprint density at radius 2 is 1.84 bits per heavy atom. The Morgan fingerprint density at radius 3 is 2.48 bits per heavy atom. The molecule has 2 aliphatic rings. The summed E-state index contributed by atoms with van der Waals surface area (Å²) in [5, 5.41) is 12.8. The number of hydrogen-bond acceptors (Lipinski definition) is 4. The van der Waals surface area contributed by atoms with E-state index in [1.165, 1.54) is 32.1 Å². The minimum Gasteiger partial charge on any atom is -0.493 e. The predicted octanol–water partition coefficient (Wildman–Crippen LogP) is 3.63. The number of carbonyl (C=O) groups excluding carboxylic acids is 1. The van der Waals surface area contributed by atoms with E-state index in [0.717, 1.165) is 36.7 Å². The number of aliphatic hydroxyl groups is 1. The number of carbonyl (C=O) groups is 1. The highest BCUT2D eigenvalue weighted by molar-refractivity contribution is 7.99. The zero-order chi connectivity index (χ0) is 17.5. The Morgan fingerprint density at radius 1 is 1.16 bits per heavy atom. The molecule has 1 aromatic rings. The number of ether oxygens (including phenoxy) is 1. The van der Waals surface area contributed by atoms with Crippen LogP contribution in [0, 0.1) is 5.92 Å². The summed E-state index contributed by atoms with van der Waals surface area (Å²) in [4.78, 5) is 12.5. The number of aliphatic hydroxyl groups excluding tert-OH is 1. The van der Waals surface area contributed by atoms with Gasteiger partial charge in [0.25, 0.3) is 5.91 Å². The lowest BCUT2D eigenvalue weighted by Crippen LogP contribution is -2.53. The molecule has 1 saturated carbocycles. The smallest absolute Gasteiger partial charge is 0.251 e. The SMILES string of the molecule is O=C(NC1(CO)CCSCC1)c1ccc(OCC2CCCCC2)cc1. The van der Waals surface area contributed by atoms with Gasteiger partial charge in [-0.3, -0.25) is 4.79 Å². The van der Waals surface area contributed by atoms with Crippen molar-refractivity contribution >= 4 is 17.7 Å². The van der Waals surface area contributed by atoms with E-state index in [-0.39, 0.29) is 12.5 Å². The third kappa shape index (κ3) is 5.14. The monoisotopic (exact) mass is 363 g/mol. The van der Waals surface area contributed by atoms with E-state index < -0.39 is 5.54 Å². The molecule has 0 bridgehead atoms. The molecule has 5 heteroatoms. The summed E-state index contributed by atoms with van der Waals surface area (Å²) in [5.74, 6) is 3.35. The first kappa shape index (κ1) is 18.6. The molecular formula is C20H29NO3S. The average molecular weight is 364 g/mol. The molecule has 0 spiro atoms.